The van der Waals surface area contributed by atoms with Gasteiger partial charge in [-0.25, -0.2) is 9.97 Å². The molecule has 7 heteroatoms. The van der Waals surface area contributed by atoms with Crippen LogP contribution in [0, 0.1) is 6.92 Å². The summed E-state index contributed by atoms with van der Waals surface area (Å²) in [5.41, 5.74) is 1.93. The lowest BCUT2D eigenvalue weighted by Crippen LogP contribution is -2.08. The molecule has 2 heterocycles. The number of fused-ring (bicyclic) bond motifs is 1. The van der Waals surface area contributed by atoms with Crippen molar-refractivity contribution in [3.05, 3.63) is 59.2 Å². The second kappa shape index (κ2) is 10.1. The number of thiophene rings is 1. The van der Waals surface area contributed by atoms with Gasteiger partial charge in [-0.15, -0.1) is 11.3 Å². The Bertz CT molecular complexity index is 1250. The fourth-order valence-corrected chi connectivity index (χ4v) is 4.74. The number of nitrogens with one attached hydrogen (secondary N) is 1. The first kappa shape index (κ1) is 22.9. The molecule has 0 amide bonds. The molecule has 0 fully saturated rings. The molecule has 1 atom stereocenters. The predicted octanol–water partition coefficient (Wildman–Crippen LogP) is 6.65. The largest absolute Gasteiger partial charge is 0.493 e. The fraction of sp³-hybridized carbons (Fsp3) is 0.308. The maximum absolute atomic E-state index is 5.96. The van der Waals surface area contributed by atoms with Crippen LogP contribution in [0.1, 0.15) is 37.0 Å². The number of nitrogens with zero attached hydrogens (tertiary/aromatic N) is 2. The molecular formula is C26H29N3O3S. The predicted molar refractivity (Wildman–Crippen MR) is 135 cm³/mol. The van der Waals surface area contributed by atoms with Crippen LogP contribution in [-0.2, 0) is 0 Å². The first-order chi connectivity index (χ1) is 16.0. The van der Waals surface area contributed by atoms with E-state index in [2.05, 4.69) is 47.3 Å². The Hall–Kier alpha value is -3.32. The molecule has 4 rings (SSSR count). The summed E-state index contributed by atoms with van der Waals surface area (Å²) in [5.74, 6) is 3.68. The topological polar surface area (TPSA) is 65.5 Å². The molecule has 0 radical (unpaired) electrons. The van der Waals surface area contributed by atoms with Gasteiger partial charge in [0.15, 0.2) is 11.5 Å². The second-order valence-corrected chi connectivity index (χ2v) is 8.87. The number of hydrogen-bond acceptors (Lipinski definition) is 7. The fourth-order valence-electron chi connectivity index (χ4n) is 3.70. The molecule has 2 aromatic carbocycles. The minimum Gasteiger partial charge on any atom is -0.493 e. The Morgan fingerprint density at radius 2 is 1.73 bits per heavy atom. The second-order valence-electron chi connectivity index (χ2n) is 7.76. The van der Waals surface area contributed by atoms with E-state index in [4.69, 9.17) is 14.2 Å². The SMILES string of the molecule is CCCOc1ccccc1-c1ccc(C(C)Nc2nc(C)nc3cc(OC)c(OC)cc23)s1. The van der Waals surface area contributed by atoms with Crippen LogP contribution in [0.3, 0.4) is 0 Å². The first-order valence-corrected chi connectivity index (χ1v) is 11.8. The lowest BCUT2D eigenvalue weighted by Gasteiger charge is -2.16. The molecule has 6 nitrogen and oxygen atoms in total. The minimum absolute atomic E-state index is 0.0538. The summed E-state index contributed by atoms with van der Waals surface area (Å²) in [7, 11) is 3.25. The van der Waals surface area contributed by atoms with Crippen molar-refractivity contribution < 1.29 is 14.2 Å². The number of aromatic nitrogens is 2. The Morgan fingerprint density at radius 1 is 0.970 bits per heavy atom. The highest BCUT2D eigenvalue weighted by atomic mass is 32.1. The summed E-state index contributed by atoms with van der Waals surface area (Å²) < 4.78 is 16.9. The van der Waals surface area contributed by atoms with Crippen LogP contribution in [0.15, 0.2) is 48.5 Å². The highest BCUT2D eigenvalue weighted by Gasteiger charge is 2.17. The standard InChI is InChI=1S/C26H29N3O3S/c1-6-13-32-21-10-8-7-9-18(21)25-12-11-24(33-25)16(2)27-26-19-14-22(30-4)23(31-5)15-20(19)28-17(3)29-26/h7-12,14-16H,6,13H2,1-5H3,(H,27,28,29). The van der Waals surface area contributed by atoms with Gasteiger partial charge in [-0.2, -0.15) is 0 Å². The molecule has 4 aromatic rings. The lowest BCUT2D eigenvalue weighted by molar-refractivity contribution is 0.319. The Labute approximate surface area is 198 Å². The average Bonchev–Trinajstić information content (AvgIpc) is 3.32. The first-order valence-electron chi connectivity index (χ1n) is 11.0. The van der Waals surface area contributed by atoms with Crippen LogP contribution in [-0.4, -0.2) is 30.8 Å². The third kappa shape index (κ3) is 4.88. The van der Waals surface area contributed by atoms with Crippen molar-refractivity contribution in [1.29, 1.82) is 0 Å². The van der Waals surface area contributed by atoms with Crippen molar-refractivity contribution in [3.63, 3.8) is 0 Å². The van der Waals surface area contributed by atoms with Crippen molar-refractivity contribution in [2.24, 2.45) is 0 Å². The molecular weight excluding hydrogens is 434 g/mol. The number of ether oxygens (including phenoxy) is 3. The Balaban J connectivity index is 1.64. The monoisotopic (exact) mass is 463 g/mol. The van der Waals surface area contributed by atoms with E-state index in [9.17, 15) is 0 Å². The molecule has 1 N–H and O–H groups in total. The summed E-state index contributed by atoms with van der Waals surface area (Å²) >= 11 is 1.75. The van der Waals surface area contributed by atoms with E-state index in [1.807, 2.05) is 37.3 Å². The van der Waals surface area contributed by atoms with Gasteiger partial charge >= 0.3 is 0 Å². The maximum atomic E-state index is 5.96. The number of hydrogen-bond donors (Lipinski definition) is 1. The maximum Gasteiger partial charge on any atom is 0.162 e. The zero-order valence-electron chi connectivity index (χ0n) is 19.6. The number of rotatable bonds is 9. The van der Waals surface area contributed by atoms with Crippen LogP contribution in [0.2, 0.25) is 0 Å². The molecule has 0 bridgehead atoms. The quantitative estimate of drug-likeness (QED) is 0.300. The summed E-state index contributed by atoms with van der Waals surface area (Å²) in [6.45, 7) is 6.85. The van der Waals surface area contributed by atoms with Gasteiger partial charge < -0.3 is 19.5 Å². The summed E-state index contributed by atoms with van der Waals surface area (Å²) in [4.78, 5) is 11.6. The van der Waals surface area contributed by atoms with Crippen LogP contribution in [0.5, 0.6) is 17.2 Å². The van der Waals surface area contributed by atoms with Crippen molar-refractivity contribution in [3.8, 4) is 27.7 Å². The van der Waals surface area contributed by atoms with E-state index < -0.39 is 0 Å². The molecule has 0 aliphatic rings. The van der Waals surface area contributed by atoms with Crippen molar-refractivity contribution >= 4 is 28.1 Å². The Morgan fingerprint density at radius 3 is 2.48 bits per heavy atom. The summed E-state index contributed by atoms with van der Waals surface area (Å²) in [6.07, 6.45) is 0.980. The average molecular weight is 464 g/mol. The van der Waals surface area contributed by atoms with E-state index >= 15 is 0 Å². The van der Waals surface area contributed by atoms with Crippen LogP contribution >= 0.6 is 11.3 Å². The van der Waals surface area contributed by atoms with Gasteiger partial charge in [0.1, 0.15) is 17.4 Å². The highest BCUT2D eigenvalue weighted by molar-refractivity contribution is 7.15. The lowest BCUT2D eigenvalue weighted by atomic mass is 10.1. The molecule has 33 heavy (non-hydrogen) atoms. The molecule has 1 unspecified atom stereocenters. The van der Waals surface area contributed by atoms with E-state index in [1.165, 1.54) is 9.75 Å². The molecule has 2 aromatic heterocycles. The number of anilines is 1. The van der Waals surface area contributed by atoms with E-state index in [1.54, 1.807) is 25.6 Å². The van der Waals surface area contributed by atoms with Crippen molar-refractivity contribution in [1.82, 2.24) is 9.97 Å². The minimum atomic E-state index is 0.0538. The smallest absolute Gasteiger partial charge is 0.162 e. The third-order valence-electron chi connectivity index (χ3n) is 5.33. The zero-order chi connectivity index (χ0) is 23.4. The van der Waals surface area contributed by atoms with Gasteiger partial charge in [0.25, 0.3) is 0 Å². The molecule has 0 aliphatic heterocycles. The molecule has 0 saturated heterocycles. The summed E-state index contributed by atoms with van der Waals surface area (Å²) in [6, 6.07) is 16.4. The highest BCUT2D eigenvalue weighted by Crippen LogP contribution is 2.39. The van der Waals surface area contributed by atoms with Gasteiger partial charge in [-0.3, -0.25) is 0 Å². The third-order valence-corrected chi connectivity index (χ3v) is 6.64. The van der Waals surface area contributed by atoms with E-state index in [0.717, 1.165) is 34.5 Å². The van der Waals surface area contributed by atoms with E-state index in [0.29, 0.717) is 23.9 Å². The van der Waals surface area contributed by atoms with E-state index in [-0.39, 0.29) is 6.04 Å². The van der Waals surface area contributed by atoms with Gasteiger partial charge in [-0.1, -0.05) is 19.1 Å². The molecule has 0 saturated carbocycles. The van der Waals surface area contributed by atoms with Gasteiger partial charge in [0.2, 0.25) is 0 Å². The number of benzene rings is 2. The van der Waals surface area contributed by atoms with Crippen molar-refractivity contribution in [2.45, 2.75) is 33.2 Å². The number of methoxy groups -OCH3 is 2. The summed E-state index contributed by atoms with van der Waals surface area (Å²) in [5, 5.41) is 4.47. The molecule has 0 aliphatic carbocycles. The van der Waals surface area contributed by atoms with Crippen LogP contribution in [0.4, 0.5) is 5.82 Å². The number of para-hydroxylation sites is 1. The normalized spacial score (nSPS) is 11.9. The van der Waals surface area contributed by atoms with Crippen molar-refractivity contribution in [2.75, 3.05) is 26.1 Å². The Kier molecular flexibility index (Phi) is 6.99. The van der Waals surface area contributed by atoms with Crippen LogP contribution in [0.25, 0.3) is 21.3 Å². The van der Waals surface area contributed by atoms with Gasteiger partial charge in [-0.05, 0) is 50.6 Å². The molecule has 0 spiro atoms. The van der Waals surface area contributed by atoms with Gasteiger partial charge in [0, 0.05) is 26.8 Å². The molecule has 172 valence electrons. The zero-order valence-corrected chi connectivity index (χ0v) is 20.5. The van der Waals surface area contributed by atoms with Gasteiger partial charge in [0.05, 0.1) is 32.4 Å². The number of aryl methyl sites for hydroxylation is 1. The van der Waals surface area contributed by atoms with Crippen LogP contribution < -0.4 is 19.5 Å².